The molecule has 2 heteroatoms. The van der Waals surface area contributed by atoms with Crippen LogP contribution in [0.2, 0.25) is 0 Å². The molecule has 0 aliphatic heterocycles. The summed E-state index contributed by atoms with van der Waals surface area (Å²) >= 11 is 0. The molecule has 1 aliphatic rings. The van der Waals surface area contributed by atoms with Gasteiger partial charge in [-0.2, -0.15) is 0 Å². The molecule has 1 aliphatic carbocycles. The molecule has 0 saturated carbocycles. The molecule has 0 aromatic carbocycles. The fraction of sp³-hybridized carbons (Fsp3) is 0.700. The Hall–Kier alpha value is -0.790. The maximum Gasteiger partial charge on any atom is 0.217 e. The van der Waals surface area contributed by atoms with Crippen LogP contribution < -0.4 is 5.73 Å². The third-order valence-corrected chi connectivity index (χ3v) is 2.31. The molecule has 0 aromatic heterocycles. The van der Waals surface area contributed by atoms with E-state index in [1.807, 2.05) is 0 Å². The van der Waals surface area contributed by atoms with Gasteiger partial charge in [-0.1, -0.05) is 11.6 Å². The number of carbonyl (C=O) groups is 1. The standard InChI is InChI=1S/C10H17NO/c11-10(12)8-4-7-9-5-2-1-3-6-9/h5H,1-4,6-8H2,(H2,11,12). The number of allylic oxidation sites excluding steroid dienone is 2. The van der Waals surface area contributed by atoms with Crippen LogP contribution in [0.5, 0.6) is 0 Å². The summed E-state index contributed by atoms with van der Waals surface area (Å²) in [6.45, 7) is 0. The first-order valence-electron chi connectivity index (χ1n) is 4.75. The van der Waals surface area contributed by atoms with Crippen LogP contribution in [0.1, 0.15) is 44.9 Å². The Morgan fingerprint density at radius 1 is 1.50 bits per heavy atom. The topological polar surface area (TPSA) is 43.1 Å². The summed E-state index contributed by atoms with van der Waals surface area (Å²) in [6, 6.07) is 0. The summed E-state index contributed by atoms with van der Waals surface area (Å²) in [6.07, 6.45) is 9.98. The van der Waals surface area contributed by atoms with Crippen LogP contribution in [0.15, 0.2) is 11.6 Å². The van der Waals surface area contributed by atoms with Crippen molar-refractivity contribution >= 4 is 5.91 Å². The van der Waals surface area contributed by atoms with E-state index in [-0.39, 0.29) is 5.91 Å². The van der Waals surface area contributed by atoms with Gasteiger partial charge in [-0.3, -0.25) is 4.79 Å². The van der Waals surface area contributed by atoms with Gasteiger partial charge in [0, 0.05) is 6.42 Å². The van der Waals surface area contributed by atoms with Gasteiger partial charge in [-0.15, -0.1) is 0 Å². The number of carbonyl (C=O) groups excluding carboxylic acids is 1. The zero-order valence-electron chi connectivity index (χ0n) is 7.51. The van der Waals surface area contributed by atoms with Crippen LogP contribution in [-0.2, 0) is 4.79 Å². The van der Waals surface area contributed by atoms with Crippen molar-refractivity contribution < 1.29 is 4.79 Å². The summed E-state index contributed by atoms with van der Waals surface area (Å²) in [5.74, 6) is -0.175. The molecular formula is C10H17NO. The fourth-order valence-corrected chi connectivity index (χ4v) is 1.62. The molecule has 0 fully saturated rings. The minimum absolute atomic E-state index is 0.175. The lowest BCUT2D eigenvalue weighted by molar-refractivity contribution is -0.118. The van der Waals surface area contributed by atoms with Crippen molar-refractivity contribution in [3.8, 4) is 0 Å². The van der Waals surface area contributed by atoms with Crippen molar-refractivity contribution in [2.45, 2.75) is 44.9 Å². The Balaban J connectivity index is 2.13. The average molecular weight is 167 g/mol. The van der Waals surface area contributed by atoms with Gasteiger partial charge in [0.25, 0.3) is 0 Å². The van der Waals surface area contributed by atoms with Crippen molar-refractivity contribution in [3.63, 3.8) is 0 Å². The molecule has 2 N–H and O–H groups in total. The van der Waals surface area contributed by atoms with E-state index in [9.17, 15) is 4.79 Å². The maximum absolute atomic E-state index is 10.4. The molecule has 0 atom stereocenters. The Morgan fingerprint density at radius 3 is 2.92 bits per heavy atom. The molecule has 0 heterocycles. The minimum atomic E-state index is -0.175. The smallest absolute Gasteiger partial charge is 0.217 e. The molecule has 0 bridgehead atoms. The molecule has 0 radical (unpaired) electrons. The van der Waals surface area contributed by atoms with E-state index in [1.165, 1.54) is 31.3 Å². The van der Waals surface area contributed by atoms with E-state index >= 15 is 0 Å². The number of amides is 1. The summed E-state index contributed by atoms with van der Waals surface area (Å²) in [7, 11) is 0. The number of hydrogen-bond donors (Lipinski definition) is 1. The van der Waals surface area contributed by atoms with E-state index in [0.29, 0.717) is 6.42 Å². The van der Waals surface area contributed by atoms with Gasteiger partial charge in [0.1, 0.15) is 0 Å². The predicted octanol–water partition coefficient (Wildman–Crippen LogP) is 2.14. The van der Waals surface area contributed by atoms with Gasteiger partial charge < -0.3 is 5.73 Å². The third kappa shape index (κ3) is 3.56. The monoisotopic (exact) mass is 167 g/mol. The quantitative estimate of drug-likeness (QED) is 0.640. The van der Waals surface area contributed by atoms with Gasteiger partial charge in [0.15, 0.2) is 0 Å². The highest BCUT2D eigenvalue weighted by atomic mass is 16.1. The summed E-state index contributed by atoms with van der Waals surface area (Å²) in [5, 5.41) is 0. The van der Waals surface area contributed by atoms with E-state index < -0.39 is 0 Å². The van der Waals surface area contributed by atoms with Gasteiger partial charge in [-0.05, 0) is 38.5 Å². The Morgan fingerprint density at radius 2 is 2.33 bits per heavy atom. The largest absolute Gasteiger partial charge is 0.370 e. The summed E-state index contributed by atoms with van der Waals surface area (Å²) < 4.78 is 0. The van der Waals surface area contributed by atoms with Crippen LogP contribution in [0.25, 0.3) is 0 Å². The maximum atomic E-state index is 10.4. The van der Waals surface area contributed by atoms with E-state index in [1.54, 1.807) is 0 Å². The van der Waals surface area contributed by atoms with Crippen LogP contribution in [-0.4, -0.2) is 5.91 Å². The summed E-state index contributed by atoms with van der Waals surface area (Å²) in [4.78, 5) is 10.4. The number of hydrogen-bond acceptors (Lipinski definition) is 1. The third-order valence-electron chi connectivity index (χ3n) is 2.31. The van der Waals surface area contributed by atoms with Crippen LogP contribution in [0.3, 0.4) is 0 Å². The highest BCUT2D eigenvalue weighted by molar-refractivity contribution is 5.73. The highest BCUT2D eigenvalue weighted by Crippen LogP contribution is 2.21. The zero-order valence-corrected chi connectivity index (χ0v) is 7.51. The first-order chi connectivity index (χ1) is 5.79. The first kappa shape index (κ1) is 9.30. The second kappa shape index (κ2) is 4.96. The predicted molar refractivity (Wildman–Crippen MR) is 49.6 cm³/mol. The number of primary amides is 1. The molecule has 0 spiro atoms. The van der Waals surface area contributed by atoms with E-state index in [2.05, 4.69) is 6.08 Å². The lowest BCUT2D eigenvalue weighted by Crippen LogP contribution is -2.09. The van der Waals surface area contributed by atoms with Gasteiger partial charge in [0.2, 0.25) is 5.91 Å². The van der Waals surface area contributed by atoms with Crippen molar-refractivity contribution in [2.24, 2.45) is 5.73 Å². The molecule has 0 aromatic rings. The lowest BCUT2D eigenvalue weighted by Gasteiger charge is -2.11. The Bertz CT molecular complexity index is 184. The van der Waals surface area contributed by atoms with Crippen LogP contribution in [0.4, 0.5) is 0 Å². The molecule has 1 rings (SSSR count). The molecule has 2 nitrogen and oxygen atoms in total. The van der Waals surface area contributed by atoms with Crippen LogP contribution >= 0.6 is 0 Å². The van der Waals surface area contributed by atoms with Crippen molar-refractivity contribution in [1.29, 1.82) is 0 Å². The van der Waals surface area contributed by atoms with Gasteiger partial charge >= 0.3 is 0 Å². The van der Waals surface area contributed by atoms with Crippen molar-refractivity contribution in [2.75, 3.05) is 0 Å². The SMILES string of the molecule is NC(=O)CCCC1=CCCCC1. The van der Waals surface area contributed by atoms with Crippen LogP contribution in [0, 0.1) is 0 Å². The van der Waals surface area contributed by atoms with E-state index in [4.69, 9.17) is 5.73 Å². The van der Waals surface area contributed by atoms with Crippen molar-refractivity contribution in [3.05, 3.63) is 11.6 Å². The number of rotatable bonds is 4. The second-order valence-electron chi connectivity index (χ2n) is 3.43. The Kier molecular flexibility index (Phi) is 3.85. The molecule has 0 unspecified atom stereocenters. The normalized spacial score (nSPS) is 17.2. The van der Waals surface area contributed by atoms with Gasteiger partial charge in [0.05, 0.1) is 0 Å². The lowest BCUT2D eigenvalue weighted by atomic mass is 9.95. The molecular weight excluding hydrogens is 150 g/mol. The zero-order chi connectivity index (χ0) is 8.81. The second-order valence-corrected chi connectivity index (χ2v) is 3.43. The first-order valence-corrected chi connectivity index (χ1v) is 4.75. The molecule has 68 valence electrons. The minimum Gasteiger partial charge on any atom is -0.370 e. The van der Waals surface area contributed by atoms with Gasteiger partial charge in [-0.25, -0.2) is 0 Å². The molecule has 1 amide bonds. The van der Waals surface area contributed by atoms with E-state index in [0.717, 1.165) is 12.8 Å². The molecule has 12 heavy (non-hydrogen) atoms. The average Bonchev–Trinajstić information content (AvgIpc) is 2.05. The fourth-order valence-electron chi connectivity index (χ4n) is 1.62. The summed E-state index contributed by atoms with van der Waals surface area (Å²) in [5.41, 5.74) is 6.58. The number of nitrogens with two attached hydrogens (primary N) is 1. The molecule has 0 saturated heterocycles. The highest BCUT2D eigenvalue weighted by Gasteiger charge is 2.03. The van der Waals surface area contributed by atoms with Crippen molar-refractivity contribution in [1.82, 2.24) is 0 Å². The Labute approximate surface area is 73.8 Å².